The lowest BCUT2D eigenvalue weighted by Crippen LogP contribution is -2.27. The van der Waals surface area contributed by atoms with E-state index in [1.54, 1.807) is 0 Å². The summed E-state index contributed by atoms with van der Waals surface area (Å²) in [5.74, 6) is 1.76. The van der Waals surface area contributed by atoms with Crippen LogP contribution in [0.25, 0.3) is 0 Å². The molecule has 1 N–H and O–H groups in total. The third-order valence-corrected chi connectivity index (χ3v) is 5.59. The van der Waals surface area contributed by atoms with Gasteiger partial charge in [0, 0.05) is 6.54 Å². The van der Waals surface area contributed by atoms with Gasteiger partial charge >= 0.3 is 0 Å². The van der Waals surface area contributed by atoms with Crippen LogP contribution in [0.1, 0.15) is 30.4 Å². The van der Waals surface area contributed by atoms with Gasteiger partial charge in [0.05, 0.1) is 5.75 Å². The zero-order chi connectivity index (χ0) is 17.7. The molecule has 6 heteroatoms. The van der Waals surface area contributed by atoms with Crippen LogP contribution < -0.4 is 14.2 Å². The van der Waals surface area contributed by atoms with Crippen LogP contribution in [-0.4, -0.2) is 28.2 Å². The second kappa shape index (κ2) is 7.89. The van der Waals surface area contributed by atoms with Crippen molar-refractivity contribution in [1.29, 1.82) is 0 Å². The number of hydrogen-bond acceptors (Lipinski definition) is 4. The predicted octanol–water partition coefficient (Wildman–Crippen LogP) is 3.07. The normalized spacial score (nSPS) is 14.9. The molecule has 0 saturated carbocycles. The third kappa shape index (κ3) is 4.96. The van der Waals surface area contributed by atoms with Crippen molar-refractivity contribution in [2.75, 3.05) is 19.8 Å². The van der Waals surface area contributed by atoms with Crippen molar-refractivity contribution in [2.45, 2.75) is 25.0 Å². The maximum absolute atomic E-state index is 12.2. The minimum absolute atomic E-state index is 0.00620. The zero-order valence-corrected chi connectivity index (χ0v) is 15.1. The predicted molar refractivity (Wildman–Crippen MR) is 97.5 cm³/mol. The van der Waals surface area contributed by atoms with Crippen LogP contribution in [0.4, 0.5) is 0 Å². The van der Waals surface area contributed by atoms with E-state index in [0.717, 1.165) is 22.6 Å². The fourth-order valence-corrected chi connectivity index (χ4v) is 3.97. The number of fused-ring (bicyclic) bond motifs is 1. The molecule has 0 amide bonds. The Morgan fingerprint density at radius 1 is 1.04 bits per heavy atom. The maximum atomic E-state index is 12.2. The van der Waals surface area contributed by atoms with Gasteiger partial charge in [0.2, 0.25) is 10.0 Å². The summed E-state index contributed by atoms with van der Waals surface area (Å²) in [5, 5.41) is 0. The smallest absolute Gasteiger partial charge is 0.215 e. The van der Waals surface area contributed by atoms with Crippen LogP contribution in [0.5, 0.6) is 11.5 Å². The first-order valence-electron chi connectivity index (χ1n) is 8.44. The molecular formula is C19H23NO4S. The van der Waals surface area contributed by atoms with E-state index in [1.807, 2.05) is 48.5 Å². The van der Waals surface area contributed by atoms with Gasteiger partial charge in [0.1, 0.15) is 13.2 Å². The Bertz CT molecular complexity index is 805. The molecule has 0 fully saturated rings. The fourth-order valence-electron chi connectivity index (χ4n) is 2.81. The van der Waals surface area contributed by atoms with Crippen molar-refractivity contribution >= 4 is 10.0 Å². The summed E-state index contributed by atoms with van der Waals surface area (Å²) >= 11 is 0. The van der Waals surface area contributed by atoms with Crippen molar-refractivity contribution in [3.63, 3.8) is 0 Å². The van der Waals surface area contributed by atoms with Gasteiger partial charge in [-0.15, -0.1) is 0 Å². The maximum Gasteiger partial charge on any atom is 0.215 e. The molecule has 2 aromatic rings. The Labute approximate surface area is 149 Å². The average Bonchev–Trinajstić information content (AvgIpc) is 2.61. The molecule has 0 spiro atoms. The standard InChI is InChI=1S/C19H23NO4S/c1-15(17-7-8-18-19(13-17)24-12-11-23-18)9-10-20-25(21,22)14-16-5-3-2-4-6-16/h2-8,13,15,20H,9-12,14H2,1H3. The highest BCUT2D eigenvalue weighted by Crippen LogP contribution is 2.33. The molecule has 3 rings (SSSR count). The summed E-state index contributed by atoms with van der Waals surface area (Å²) in [6.45, 7) is 3.62. The number of sulfonamides is 1. The Balaban J connectivity index is 1.53. The van der Waals surface area contributed by atoms with E-state index in [0.29, 0.717) is 26.2 Å². The molecule has 1 unspecified atom stereocenters. The van der Waals surface area contributed by atoms with Gasteiger partial charge in [0.25, 0.3) is 0 Å². The van der Waals surface area contributed by atoms with E-state index in [1.165, 1.54) is 0 Å². The van der Waals surface area contributed by atoms with Crippen LogP contribution in [-0.2, 0) is 15.8 Å². The Morgan fingerprint density at radius 3 is 2.52 bits per heavy atom. The highest BCUT2D eigenvalue weighted by Gasteiger charge is 2.16. The van der Waals surface area contributed by atoms with E-state index in [9.17, 15) is 8.42 Å². The van der Waals surface area contributed by atoms with E-state index in [2.05, 4.69) is 11.6 Å². The second-order valence-electron chi connectivity index (χ2n) is 6.23. The van der Waals surface area contributed by atoms with Gasteiger partial charge in [-0.2, -0.15) is 0 Å². The van der Waals surface area contributed by atoms with Crippen LogP contribution in [0.3, 0.4) is 0 Å². The van der Waals surface area contributed by atoms with Crippen molar-refractivity contribution in [2.24, 2.45) is 0 Å². The summed E-state index contributed by atoms with van der Waals surface area (Å²) in [4.78, 5) is 0. The average molecular weight is 361 g/mol. The van der Waals surface area contributed by atoms with Crippen molar-refractivity contribution in [3.05, 3.63) is 59.7 Å². The van der Waals surface area contributed by atoms with Crippen LogP contribution in [0, 0.1) is 0 Å². The molecule has 134 valence electrons. The highest BCUT2D eigenvalue weighted by molar-refractivity contribution is 7.88. The second-order valence-corrected chi connectivity index (χ2v) is 8.04. The quantitative estimate of drug-likeness (QED) is 0.823. The summed E-state index contributed by atoms with van der Waals surface area (Å²) in [6.07, 6.45) is 0.716. The Morgan fingerprint density at radius 2 is 1.76 bits per heavy atom. The van der Waals surface area contributed by atoms with Crippen LogP contribution >= 0.6 is 0 Å². The summed E-state index contributed by atoms with van der Waals surface area (Å²) in [5.41, 5.74) is 1.90. The lowest BCUT2D eigenvalue weighted by Gasteiger charge is -2.20. The minimum atomic E-state index is -3.32. The molecule has 0 radical (unpaired) electrons. The Kier molecular flexibility index (Phi) is 5.60. The topological polar surface area (TPSA) is 64.6 Å². The number of nitrogens with one attached hydrogen (secondary N) is 1. The monoisotopic (exact) mass is 361 g/mol. The van der Waals surface area contributed by atoms with Gasteiger partial charge in [-0.05, 0) is 35.6 Å². The number of rotatable bonds is 7. The molecule has 0 saturated heterocycles. The first-order valence-corrected chi connectivity index (χ1v) is 10.1. The molecule has 2 aromatic carbocycles. The molecule has 5 nitrogen and oxygen atoms in total. The lowest BCUT2D eigenvalue weighted by molar-refractivity contribution is 0.171. The molecule has 1 aliphatic heterocycles. The van der Waals surface area contributed by atoms with E-state index in [4.69, 9.17) is 9.47 Å². The minimum Gasteiger partial charge on any atom is -0.486 e. The van der Waals surface area contributed by atoms with Gasteiger partial charge in [-0.25, -0.2) is 13.1 Å². The van der Waals surface area contributed by atoms with E-state index >= 15 is 0 Å². The summed E-state index contributed by atoms with van der Waals surface area (Å²) in [6, 6.07) is 15.1. The molecule has 1 heterocycles. The van der Waals surface area contributed by atoms with Gasteiger partial charge in [0.15, 0.2) is 11.5 Å². The van der Waals surface area contributed by atoms with E-state index < -0.39 is 10.0 Å². The first-order chi connectivity index (χ1) is 12.0. The lowest BCUT2D eigenvalue weighted by atomic mass is 9.97. The van der Waals surface area contributed by atoms with Crippen LogP contribution in [0.15, 0.2) is 48.5 Å². The molecule has 1 aliphatic rings. The van der Waals surface area contributed by atoms with Gasteiger partial charge in [-0.1, -0.05) is 43.3 Å². The van der Waals surface area contributed by atoms with Crippen molar-refractivity contribution in [3.8, 4) is 11.5 Å². The third-order valence-electron chi connectivity index (χ3n) is 4.23. The summed E-state index contributed by atoms with van der Waals surface area (Å²) < 4.78 is 38.1. The summed E-state index contributed by atoms with van der Waals surface area (Å²) in [7, 11) is -3.32. The van der Waals surface area contributed by atoms with Crippen molar-refractivity contribution in [1.82, 2.24) is 4.72 Å². The van der Waals surface area contributed by atoms with E-state index in [-0.39, 0.29) is 11.7 Å². The Hall–Kier alpha value is -2.05. The number of ether oxygens (including phenoxy) is 2. The number of hydrogen-bond donors (Lipinski definition) is 1. The fraction of sp³-hybridized carbons (Fsp3) is 0.368. The first kappa shape index (κ1) is 17.8. The molecule has 0 aliphatic carbocycles. The highest BCUT2D eigenvalue weighted by atomic mass is 32.2. The molecule has 1 atom stereocenters. The van der Waals surface area contributed by atoms with Gasteiger partial charge < -0.3 is 9.47 Å². The van der Waals surface area contributed by atoms with Gasteiger partial charge in [-0.3, -0.25) is 0 Å². The molecule has 25 heavy (non-hydrogen) atoms. The van der Waals surface area contributed by atoms with Crippen LogP contribution in [0.2, 0.25) is 0 Å². The zero-order valence-electron chi connectivity index (χ0n) is 14.3. The number of benzene rings is 2. The van der Waals surface area contributed by atoms with Crippen molar-refractivity contribution < 1.29 is 17.9 Å². The molecule has 0 bridgehead atoms. The SMILES string of the molecule is CC(CCNS(=O)(=O)Cc1ccccc1)c1ccc2c(c1)OCCO2. The largest absolute Gasteiger partial charge is 0.486 e. The molecule has 0 aromatic heterocycles. The molecular weight excluding hydrogens is 338 g/mol.